The highest BCUT2D eigenvalue weighted by Gasteiger charge is 2.16. The van der Waals surface area contributed by atoms with E-state index in [4.69, 9.17) is 15.0 Å². The molecular formula is C20H20N4O4. The third kappa shape index (κ3) is 4.53. The molecule has 3 rings (SSSR count). The topological polar surface area (TPSA) is 120 Å². The first-order valence-corrected chi connectivity index (χ1v) is 8.69. The number of benzene rings is 2. The van der Waals surface area contributed by atoms with E-state index in [1.165, 1.54) is 12.1 Å². The molecule has 144 valence electrons. The Labute approximate surface area is 161 Å². The number of aromatic nitrogens is 2. The number of nitrogens with one attached hydrogen (secondary N) is 1. The molecule has 1 aromatic heterocycles. The lowest BCUT2D eigenvalue weighted by molar-refractivity contribution is -0.118. The normalized spacial score (nSPS) is 10.7. The Bertz CT molecular complexity index is 980. The Morgan fingerprint density at radius 1 is 1.14 bits per heavy atom. The molecule has 0 fully saturated rings. The Balaban J connectivity index is 1.65. The number of rotatable bonds is 7. The highest BCUT2D eigenvalue weighted by molar-refractivity contribution is 5.95. The molecule has 0 aliphatic heterocycles. The molecule has 0 atom stereocenters. The van der Waals surface area contributed by atoms with E-state index in [0.29, 0.717) is 34.3 Å². The van der Waals surface area contributed by atoms with Crippen LogP contribution in [0.25, 0.3) is 11.5 Å². The van der Waals surface area contributed by atoms with E-state index in [1.54, 1.807) is 30.3 Å². The van der Waals surface area contributed by atoms with Gasteiger partial charge in [-0.1, -0.05) is 31.1 Å². The zero-order valence-electron chi connectivity index (χ0n) is 15.5. The average Bonchev–Trinajstić information content (AvgIpc) is 3.17. The molecule has 0 unspecified atom stereocenters. The van der Waals surface area contributed by atoms with Crippen LogP contribution in [0.1, 0.15) is 35.9 Å². The molecule has 0 bridgehead atoms. The lowest BCUT2D eigenvalue weighted by Crippen LogP contribution is -2.20. The summed E-state index contributed by atoms with van der Waals surface area (Å²) in [7, 11) is 0. The van der Waals surface area contributed by atoms with E-state index in [1.807, 2.05) is 19.9 Å². The molecular weight excluding hydrogens is 360 g/mol. The molecule has 3 aromatic rings. The predicted molar refractivity (Wildman–Crippen MR) is 103 cm³/mol. The van der Waals surface area contributed by atoms with Crippen molar-refractivity contribution in [1.29, 1.82) is 0 Å². The zero-order valence-corrected chi connectivity index (χ0v) is 15.5. The fraction of sp³-hybridized carbons (Fsp3) is 0.200. The first kappa shape index (κ1) is 19.1. The van der Waals surface area contributed by atoms with Gasteiger partial charge in [-0.15, -0.1) is 0 Å². The van der Waals surface area contributed by atoms with E-state index in [-0.39, 0.29) is 18.4 Å². The van der Waals surface area contributed by atoms with Crippen LogP contribution in [0.3, 0.4) is 0 Å². The number of nitrogens with zero attached hydrogens (tertiary/aromatic N) is 2. The predicted octanol–water partition coefficient (Wildman–Crippen LogP) is 2.98. The van der Waals surface area contributed by atoms with Crippen LogP contribution in [0.15, 0.2) is 53.1 Å². The van der Waals surface area contributed by atoms with Gasteiger partial charge in [0.15, 0.2) is 12.4 Å². The van der Waals surface area contributed by atoms with E-state index < -0.39 is 5.91 Å². The standard InChI is InChI=1S/C20H20N4O4/c1-12(2)19-23-20(28-24-19)15-5-3-4-6-16(15)27-11-17(25)22-14-9-7-13(8-10-14)18(21)26/h3-10,12H,11H2,1-2H3,(H2,21,26)(H,22,25). The molecule has 3 N–H and O–H groups in total. The van der Waals surface area contributed by atoms with Crippen LogP contribution in [0, 0.1) is 0 Å². The second-order valence-corrected chi connectivity index (χ2v) is 6.39. The maximum absolute atomic E-state index is 12.2. The van der Waals surface area contributed by atoms with Gasteiger partial charge < -0.3 is 20.3 Å². The monoisotopic (exact) mass is 380 g/mol. The van der Waals surface area contributed by atoms with Gasteiger partial charge in [-0.05, 0) is 36.4 Å². The summed E-state index contributed by atoms with van der Waals surface area (Å²) in [5, 5.41) is 6.64. The van der Waals surface area contributed by atoms with Gasteiger partial charge in [-0.25, -0.2) is 0 Å². The summed E-state index contributed by atoms with van der Waals surface area (Å²) < 4.78 is 10.9. The molecule has 0 radical (unpaired) electrons. The van der Waals surface area contributed by atoms with Crippen molar-refractivity contribution < 1.29 is 18.8 Å². The van der Waals surface area contributed by atoms with Crippen LogP contribution in [0.4, 0.5) is 5.69 Å². The van der Waals surface area contributed by atoms with Gasteiger partial charge in [0.25, 0.3) is 11.8 Å². The summed E-state index contributed by atoms with van der Waals surface area (Å²) >= 11 is 0. The minimum Gasteiger partial charge on any atom is -0.483 e. The van der Waals surface area contributed by atoms with E-state index in [0.717, 1.165) is 0 Å². The van der Waals surface area contributed by atoms with Gasteiger partial charge >= 0.3 is 0 Å². The number of hydrogen-bond donors (Lipinski definition) is 2. The average molecular weight is 380 g/mol. The molecule has 0 aliphatic carbocycles. The summed E-state index contributed by atoms with van der Waals surface area (Å²) in [5.41, 5.74) is 6.70. The molecule has 8 heteroatoms. The number of ether oxygens (including phenoxy) is 1. The second kappa shape index (κ2) is 8.34. The smallest absolute Gasteiger partial charge is 0.262 e. The largest absolute Gasteiger partial charge is 0.483 e. The quantitative estimate of drug-likeness (QED) is 0.650. The number of primary amides is 1. The van der Waals surface area contributed by atoms with Gasteiger partial charge in [-0.3, -0.25) is 9.59 Å². The maximum atomic E-state index is 12.2. The van der Waals surface area contributed by atoms with Crippen LogP contribution >= 0.6 is 0 Å². The Morgan fingerprint density at radius 2 is 1.86 bits per heavy atom. The van der Waals surface area contributed by atoms with E-state index >= 15 is 0 Å². The lowest BCUT2D eigenvalue weighted by atomic mass is 10.2. The number of nitrogens with two attached hydrogens (primary N) is 1. The summed E-state index contributed by atoms with van der Waals surface area (Å²) in [6.07, 6.45) is 0. The fourth-order valence-electron chi connectivity index (χ4n) is 2.41. The van der Waals surface area contributed by atoms with Crippen molar-refractivity contribution in [2.24, 2.45) is 5.73 Å². The van der Waals surface area contributed by atoms with Crippen molar-refractivity contribution in [3.8, 4) is 17.2 Å². The summed E-state index contributed by atoms with van der Waals surface area (Å²) in [6.45, 7) is 3.73. The van der Waals surface area contributed by atoms with Crippen molar-refractivity contribution in [2.45, 2.75) is 19.8 Å². The molecule has 0 aliphatic rings. The number of anilines is 1. The minimum atomic E-state index is -0.528. The SMILES string of the molecule is CC(C)c1noc(-c2ccccc2OCC(=O)Nc2ccc(C(N)=O)cc2)n1. The fourth-order valence-corrected chi connectivity index (χ4v) is 2.41. The highest BCUT2D eigenvalue weighted by Crippen LogP contribution is 2.29. The molecule has 0 saturated heterocycles. The maximum Gasteiger partial charge on any atom is 0.262 e. The first-order chi connectivity index (χ1) is 13.4. The van der Waals surface area contributed by atoms with Crippen molar-refractivity contribution in [1.82, 2.24) is 10.1 Å². The van der Waals surface area contributed by atoms with E-state index in [9.17, 15) is 9.59 Å². The van der Waals surface area contributed by atoms with Crippen molar-refractivity contribution >= 4 is 17.5 Å². The Morgan fingerprint density at radius 3 is 2.50 bits per heavy atom. The van der Waals surface area contributed by atoms with Crippen LogP contribution in [-0.4, -0.2) is 28.6 Å². The Hall–Kier alpha value is -3.68. The second-order valence-electron chi connectivity index (χ2n) is 6.39. The molecule has 0 spiro atoms. The summed E-state index contributed by atoms with van der Waals surface area (Å²) in [6, 6.07) is 13.4. The molecule has 2 aromatic carbocycles. The lowest BCUT2D eigenvalue weighted by Gasteiger charge is -2.10. The number of hydrogen-bond acceptors (Lipinski definition) is 6. The molecule has 1 heterocycles. The first-order valence-electron chi connectivity index (χ1n) is 8.69. The minimum absolute atomic E-state index is 0.136. The summed E-state index contributed by atoms with van der Waals surface area (Å²) in [4.78, 5) is 27.6. The Kier molecular flexibility index (Phi) is 5.69. The van der Waals surface area contributed by atoms with Gasteiger partial charge in [0, 0.05) is 17.2 Å². The van der Waals surface area contributed by atoms with Crippen LogP contribution in [-0.2, 0) is 4.79 Å². The molecule has 2 amide bonds. The molecule has 8 nitrogen and oxygen atoms in total. The number of carbonyl (C=O) groups excluding carboxylic acids is 2. The highest BCUT2D eigenvalue weighted by atomic mass is 16.5. The van der Waals surface area contributed by atoms with Crippen molar-refractivity contribution in [2.75, 3.05) is 11.9 Å². The van der Waals surface area contributed by atoms with Crippen LogP contribution in [0.2, 0.25) is 0 Å². The van der Waals surface area contributed by atoms with Crippen LogP contribution in [0.5, 0.6) is 5.75 Å². The molecule has 0 saturated carbocycles. The van der Waals surface area contributed by atoms with Gasteiger partial charge in [-0.2, -0.15) is 4.98 Å². The summed E-state index contributed by atoms with van der Waals surface area (Å²) in [5.74, 6) is 0.649. The van der Waals surface area contributed by atoms with Gasteiger partial charge in [0.2, 0.25) is 5.91 Å². The van der Waals surface area contributed by atoms with Crippen molar-refractivity contribution in [3.63, 3.8) is 0 Å². The number of para-hydroxylation sites is 1. The van der Waals surface area contributed by atoms with Crippen molar-refractivity contribution in [3.05, 3.63) is 59.9 Å². The van der Waals surface area contributed by atoms with Gasteiger partial charge in [0.05, 0.1) is 5.56 Å². The van der Waals surface area contributed by atoms with E-state index in [2.05, 4.69) is 15.5 Å². The number of carbonyl (C=O) groups is 2. The van der Waals surface area contributed by atoms with Crippen LogP contribution < -0.4 is 15.8 Å². The molecule has 28 heavy (non-hydrogen) atoms. The third-order valence-electron chi connectivity index (χ3n) is 3.89. The number of amides is 2. The third-order valence-corrected chi connectivity index (χ3v) is 3.89. The zero-order chi connectivity index (χ0) is 20.1. The van der Waals surface area contributed by atoms with Gasteiger partial charge in [0.1, 0.15) is 5.75 Å².